The van der Waals surface area contributed by atoms with Crippen molar-refractivity contribution in [1.82, 2.24) is 4.72 Å². The molecule has 2 aromatic carbocycles. The lowest BCUT2D eigenvalue weighted by atomic mass is 10.1. The monoisotopic (exact) mass is 449 g/mol. The lowest BCUT2D eigenvalue weighted by Crippen LogP contribution is -2.28. The molecule has 2 rings (SSSR count). The number of nitro benzene ring substituents is 2. The average molecular weight is 449 g/mol. The summed E-state index contributed by atoms with van der Waals surface area (Å²) in [6.07, 6.45) is -4.57. The molecule has 0 saturated carbocycles. The first kappa shape index (κ1) is 23.0. The van der Waals surface area contributed by atoms with Crippen LogP contribution >= 0.6 is 0 Å². The molecule has 10 nitrogen and oxygen atoms in total. The lowest BCUT2D eigenvalue weighted by Gasteiger charge is -2.11. The molecular formula is C16H14F3N3O7S. The number of nitrogens with one attached hydrogen (secondary N) is 1. The number of sulfonamides is 1. The van der Waals surface area contributed by atoms with Gasteiger partial charge in [0, 0.05) is 18.7 Å². The van der Waals surface area contributed by atoms with E-state index in [1.165, 1.54) is 6.07 Å². The molecule has 0 bridgehead atoms. The zero-order valence-electron chi connectivity index (χ0n) is 15.2. The van der Waals surface area contributed by atoms with Crippen LogP contribution in [-0.4, -0.2) is 31.4 Å². The standard InChI is InChI=1S/C16H14F3N3O7S/c1-10-14(21(23)24)8-13(9-15(10)22(25)26)30(27,28)20-5-6-29-12-4-2-3-11(7-12)16(17,18)19/h2-4,7-9,20H,5-6H2,1H3. The molecule has 0 atom stereocenters. The van der Waals surface area contributed by atoms with Crippen LogP contribution in [0, 0.1) is 27.2 Å². The minimum atomic E-state index is -4.57. The highest BCUT2D eigenvalue weighted by Gasteiger charge is 2.31. The van der Waals surface area contributed by atoms with Gasteiger partial charge in [-0.25, -0.2) is 13.1 Å². The molecule has 0 aromatic heterocycles. The van der Waals surface area contributed by atoms with Crippen molar-refractivity contribution < 1.29 is 36.2 Å². The number of rotatable bonds is 8. The number of alkyl halides is 3. The maximum atomic E-state index is 12.7. The van der Waals surface area contributed by atoms with E-state index in [2.05, 4.69) is 0 Å². The fourth-order valence-corrected chi connectivity index (χ4v) is 3.44. The summed E-state index contributed by atoms with van der Waals surface area (Å²) in [6, 6.07) is 5.30. The van der Waals surface area contributed by atoms with Crippen molar-refractivity contribution in [2.75, 3.05) is 13.2 Å². The van der Waals surface area contributed by atoms with E-state index >= 15 is 0 Å². The zero-order chi connectivity index (χ0) is 22.7. The third-order valence-corrected chi connectivity index (χ3v) is 5.29. The van der Waals surface area contributed by atoms with Crippen molar-refractivity contribution in [3.63, 3.8) is 0 Å². The van der Waals surface area contributed by atoms with E-state index in [0.29, 0.717) is 12.1 Å². The van der Waals surface area contributed by atoms with Gasteiger partial charge in [0.2, 0.25) is 10.0 Å². The molecule has 0 saturated heterocycles. The number of hydrogen-bond acceptors (Lipinski definition) is 7. The van der Waals surface area contributed by atoms with Gasteiger partial charge < -0.3 is 4.74 Å². The summed E-state index contributed by atoms with van der Waals surface area (Å²) in [4.78, 5) is 19.5. The van der Waals surface area contributed by atoms with Crippen molar-refractivity contribution >= 4 is 21.4 Å². The third-order valence-electron chi connectivity index (χ3n) is 3.85. The maximum Gasteiger partial charge on any atom is 0.416 e. The number of benzene rings is 2. The highest BCUT2D eigenvalue weighted by molar-refractivity contribution is 7.89. The smallest absolute Gasteiger partial charge is 0.416 e. The first-order chi connectivity index (χ1) is 13.8. The molecule has 0 amide bonds. The number of halogens is 3. The summed E-state index contributed by atoms with van der Waals surface area (Å²) in [7, 11) is -4.39. The number of nitrogens with zero attached hydrogens (tertiary/aromatic N) is 2. The topological polar surface area (TPSA) is 142 Å². The Morgan fingerprint density at radius 3 is 2.13 bits per heavy atom. The van der Waals surface area contributed by atoms with Gasteiger partial charge in [0.15, 0.2) is 0 Å². The van der Waals surface area contributed by atoms with Crippen molar-refractivity contribution in [2.24, 2.45) is 0 Å². The van der Waals surface area contributed by atoms with E-state index in [-0.39, 0.29) is 17.9 Å². The summed E-state index contributed by atoms with van der Waals surface area (Å²) in [5, 5.41) is 22.1. The van der Waals surface area contributed by atoms with E-state index in [0.717, 1.165) is 25.1 Å². The predicted molar refractivity (Wildman–Crippen MR) is 96.6 cm³/mol. The molecule has 0 fully saturated rings. The summed E-state index contributed by atoms with van der Waals surface area (Å²) in [5.41, 5.74) is -2.74. The molecule has 162 valence electrons. The van der Waals surface area contributed by atoms with Crippen LogP contribution < -0.4 is 9.46 Å². The van der Waals surface area contributed by atoms with Crippen LogP contribution in [0.25, 0.3) is 0 Å². The Morgan fingerprint density at radius 2 is 1.63 bits per heavy atom. The minimum Gasteiger partial charge on any atom is -0.492 e. The molecule has 0 aliphatic rings. The van der Waals surface area contributed by atoms with Crippen molar-refractivity contribution in [2.45, 2.75) is 18.0 Å². The molecular weight excluding hydrogens is 435 g/mol. The van der Waals surface area contributed by atoms with E-state index in [4.69, 9.17) is 4.74 Å². The predicted octanol–water partition coefficient (Wildman–Crippen LogP) is 3.19. The Bertz CT molecular complexity index is 1050. The van der Waals surface area contributed by atoms with Gasteiger partial charge in [-0.15, -0.1) is 0 Å². The van der Waals surface area contributed by atoms with Crippen LogP contribution in [0.3, 0.4) is 0 Å². The van der Waals surface area contributed by atoms with Crippen LogP contribution in [0.15, 0.2) is 41.3 Å². The van der Waals surface area contributed by atoms with Crippen molar-refractivity contribution in [1.29, 1.82) is 0 Å². The minimum absolute atomic E-state index is 0.148. The van der Waals surface area contributed by atoms with Gasteiger partial charge in [-0.1, -0.05) is 6.07 Å². The lowest BCUT2D eigenvalue weighted by molar-refractivity contribution is -0.395. The molecule has 30 heavy (non-hydrogen) atoms. The molecule has 14 heteroatoms. The normalized spacial score (nSPS) is 11.9. The van der Waals surface area contributed by atoms with Gasteiger partial charge in [0.1, 0.15) is 17.9 Å². The quantitative estimate of drug-likeness (QED) is 0.370. The molecule has 0 radical (unpaired) electrons. The number of nitro groups is 2. The highest BCUT2D eigenvalue weighted by Crippen LogP contribution is 2.32. The molecule has 2 aromatic rings. The average Bonchev–Trinajstić information content (AvgIpc) is 2.64. The number of hydrogen-bond donors (Lipinski definition) is 1. The van der Waals surface area contributed by atoms with E-state index < -0.39 is 54.4 Å². The van der Waals surface area contributed by atoms with Gasteiger partial charge in [0.25, 0.3) is 11.4 Å². The largest absolute Gasteiger partial charge is 0.492 e. The second-order valence-corrected chi connectivity index (χ2v) is 7.64. The van der Waals surface area contributed by atoms with E-state index in [1.807, 2.05) is 4.72 Å². The second kappa shape index (κ2) is 8.62. The Labute approximate surface area is 167 Å². The van der Waals surface area contributed by atoms with Gasteiger partial charge in [-0.3, -0.25) is 20.2 Å². The summed E-state index contributed by atoms with van der Waals surface area (Å²) >= 11 is 0. The first-order valence-corrected chi connectivity index (χ1v) is 9.54. The fraction of sp³-hybridized carbons (Fsp3) is 0.250. The first-order valence-electron chi connectivity index (χ1n) is 8.06. The molecule has 0 spiro atoms. The van der Waals surface area contributed by atoms with Gasteiger partial charge in [0.05, 0.1) is 20.3 Å². The molecule has 0 aliphatic carbocycles. The van der Waals surface area contributed by atoms with Crippen LogP contribution in [-0.2, 0) is 16.2 Å². The van der Waals surface area contributed by atoms with E-state index in [9.17, 15) is 41.8 Å². The van der Waals surface area contributed by atoms with E-state index in [1.54, 1.807) is 0 Å². The summed E-state index contributed by atoms with van der Waals surface area (Å²) in [6.45, 7) is 0.341. The number of ether oxygens (including phenoxy) is 1. The summed E-state index contributed by atoms with van der Waals surface area (Å²) in [5.74, 6) is -0.148. The summed E-state index contributed by atoms with van der Waals surface area (Å²) < 4.78 is 69.7. The van der Waals surface area contributed by atoms with Crippen LogP contribution in [0.5, 0.6) is 5.75 Å². The van der Waals surface area contributed by atoms with Gasteiger partial charge in [-0.05, 0) is 25.1 Å². The molecule has 0 heterocycles. The zero-order valence-corrected chi connectivity index (χ0v) is 16.0. The van der Waals surface area contributed by atoms with Crippen LogP contribution in [0.2, 0.25) is 0 Å². The Morgan fingerprint density at radius 1 is 1.07 bits per heavy atom. The molecule has 1 N–H and O–H groups in total. The Kier molecular flexibility index (Phi) is 6.62. The maximum absolute atomic E-state index is 12.7. The van der Waals surface area contributed by atoms with Crippen LogP contribution in [0.4, 0.5) is 24.5 Å². The van der Waals surface area contributed by atoms with Gasteiger partial charge >= 0.3 is 6.18 Å². The fourth-order valence-electron chi connectivity index (χ4n) is 2.38. The second-order valence-electron chi connectivity index (χ2n) is 5.87. The SMILES string of the molecule is Cc1c([N+](=O)[O-])cc(S(=O)(=O)NCCOc2cccc(C(F)(F)F)c2)cc1[N+](=O)[O-]. The highest BCUT2D eigenvalue weighted by atomic mass is 32.2. The van der Waals surface area contributed by atoms with Crippen molar-refractivity contribution in [3.8, 4) is 5.75 Å². The van der Waals surface area contributed by atoms with Crippen LogP contribution in [0.1, 0.15) is 11.1 Å². The Hall–Kier alpha value is -3.26. The van der Waals surface area contributed by atoms with Crippen molar-refractivity contribution in [3.05, 3.63) is 67.8 Å². The Balaban J connectivity index is 2.13. The van der Waals surface area contributed by atoms with Gasteiger partial charge in [-0.2, -0.15) is 13.2 Å². The molecule has 0 aliphatic heterocycles. The molecule has 0 unspecified atom stereocenters. The third kappa shape index (κ3) is 5.42.